The summed E-state index contributed by atoms with van der Waals surface area (Å²) in [7, 11) is 8.05. The molecule has 0 spiro atoms. The lowest BCUT2D eigenvalue weighted by Crippen LogP contribution is -2.40. The highest BCUT2D eigenvalue weighted by Gasteiger charge is 2.17. The van der Waals surface area contributed by atoms with Crippen molar-refractivity contribution in [1.82, 2.24) is 20.0 Å². The van der Waals surface area contributed by atoms with Gasteiger partial charge in [0.05, 0.1) is 0 Å². The Morgan fingerprint density at radius 2 is 1.36 bits per heavy atom. The summed E-state index contributed by atoms with van der Waals surface area (Å²) in [5.41, 5.74) is 1.68. The molecule has 0 heterocycles. The van der Waals surface area contributed by atoms with Crippen LogP contribution in [0.15, 0.2) is 24.3 Å². The smallest absolute Gasteiger partial charge is 0.253 e. The highest BCUT2D eigenvalue weighted by molar-refractivity contribution is 5.94. The molecule has 0 aromatic heterocycles. The van der Waals surface area contributed by atoms with Crippen LogP contribution in [0.1, 0.15) is 36.7 Å². The lowest BCUT2D eigenvalue weighted by atomic mass is 9.97. The molecule has 0 unspecified atom stereocenters. The molecule has 2 amide bonds. The van der Waals surface area contributed by atoms with Crippen molar-refractivity contribution in [3.8, 4) is 0 Å². The van der Waals surface area contributed by atoms with Crippen LogP contribution in [0.25, 0.3) is 0 Å². The topological polar surface area (TPSA) is 55.9 Å². The SMILES string of the molecule is CC(C)[C@H](C)C(=O)NCc1ccc(C(=O)N(CCN(C)C)CCN(C)C)cc1. The lowest BCUT2D eigenvalue weighted by molar-refractivity contribution is -0.125. The molecule has 0 aliphatic carbocycles. The first-order valence-corrected chi connectivity index (χ1v) is 10.1. The van der Waals surface area contributed by atoms with E-state index >= 15 is 0 Å². The third-order valence-corrected chi connectivity index (χ3v) is 5.00. The van der Waals surface area contributed by atoms with Crippen LogP contribution in [0.3, 0.4) is 0 Å². The molecule has 0 fully saturated rings. The van der Waals surface area contributed by atoms with Crippen LogP contribution < -0.4 is 5.32 Å². The first-order valence-electron chi connectivity index (χ1n) is 10.1. The first-order chi connectivity index (χ1) is 13.1. The Bertz CT molecular complexity index is 599. The fourth-order valence-electron chi connectivity index (χ4n) is 2.56. The van der Waals surface area contributed by atoms with Crippen LogP contribution in [0.5, 0.6) is 0 Å². The van der Waals surface area contributed by atoms with Crippen LogP contribution in [0, 0.1) is 11.8 Å². The van der Waals surface area contributed by atoms with Crippen molar-refractivity contribution in [1.29, 1.82) is 0 Å². The first kappa shape index (κ1) is 24.1. The standard InChI is InChI=1S/C22H38N4O2/c1-17(2)18(3)21(27)23-16-19-8-10-20(11-9-19)22(28)26(14-12-24(4)5)15-13-25(6)7/h8-11,17-18H,12-16H2,1-7H3,(H,23,27)/t18-/m0/s1. The number of benzene rings is 1. The van der Waals surface area contributed by atoms with Gasteiger partial charge in [-0.25, -0.2) is 0 Å². The fraction of sp³-hybridized carbons (Fsp3) is 0.636. The van der Waals surface area contributed by atoms with Gasteiger partial charge in [0.1, 0.15) is 0 Å². The molecular formula is C22H38N4O2. The molecule has 0 radical (unpaired) electrons. The number of hydrogen-bond donors (Lipinski definition) is 1. The summed E-state index contributed by atoms with van der Waals surface area (Å²) < 4.78 is 0. The largest absolute Gasteiger partial charge is 0.352 e. The second kappa shape index (κ2) is 11.8. The molecule has 0 aliphatic rings. The van der Waals surface area contributed by atoms with Gasteiger partial charge in [0.2, 0.25) is 5.91 Å². The van der Waals surface area contributed by atoms with Gasteiger partial charge in [-0.3, -0.25) is 9.59 Å². The molecule has 158 valence electrons. The average molecular weight is 391 g/mol. The van der Waals surface area contributed by atoms with Crippen molar-refractivity contribution < 1.29 is 9.59 Å². The minimum atomic E-state index is -0.0113. The number of carbonyl (C=O) groups excluding carboxylic acids is 2. The molecule has 28 heavy (non-hydrogen) atoms. The Balaban J connectivity index is 2.71. The second-order valence-corrected chi connectivity index (χ2v) is 8.35. The molecule has 1 aromatic carbocycles. The fourth-order valence-corrected chi connectivity index (χ4v) is 2.56. The molecule has 1 atom stereocenters. The van der Waals surface area contributed by atoms with Crippen LogP contribution in [-0.2, 0) is 11.3 Å². The van der Waals surface area contributed by atoms with Crippen molar-refractivity contribution in [2.24, 2.45) is 11.8 Å². The van der Waals surface area contributed by atoms with Gasteiger partial charge in [-0.05, 0) is 51.8 Å². The van der Waals surface area contributed by atoms with Crippen molar-refractivity contribution in [3.05, 3.63) is 35.4 Å². The maximum Gasteiger partial charge on any atom is 0.253 e. The molecule has 0 saturated carbocycles. The summed E-state index contributed by atoms with van der Waals surface area (Å²) in [6.07, 6.45) is 0. The highest BCUT2D eigenvalue weighted by Crippen LogP contribution is 2.11. The Labute approximate surface area is 170 Å². The Hall–Kier alpha value is -1.92. The number of nitrogens with one attached hydrogen (secondary N) is 1. The van der Waals surface area contributed by atoms with E-state index in [1.807, 2.05) is 78.1 Å². The number of carbonyl (C=O) groups is 2. The lowest BCUT2D eigenvalue weighted by Gasteiger charge is -2.26. The summed E-state index contributed by atoms with van der Waals surface area (Å²) in [6, 6.07) is 7.55. The minimum absolute atomic E-state index is 0.0113. The number of rotatable bonds is 11. The maximum atomic E-state index is 12.9. The van der Waals surface area contributed by atoms with E-state index in [4.69, 9.17) is 0 Å². The molecule has 1 rings (SSSR count). The van der Waals surface area contributed by atoms with Crippen molar-refractivity contribution in [2.45, 2.75) is 27.3 Å². The molecule has 1 aromatic rings. The van der Waals surface area contributed by atoms with Gasteiger partial charge in [-0.2, -0.15) is 0 Å². The maximum absolute atomic E-state index is 12.9. The van der Waals surface area contributed by atoms with Crippen LogP contribution in [0.2, 0.25) is 0 Å². The summed E-state index contributed by atoms with van der Waals surface area (Å²) in [5, 5.41) is 2.97. The van der Waals surface area contributed by atoms with E-state index in [0.717, 1.165) is 18.7 Å². The van der Waals surface area contributed by atoms with E-state index in [9.17, 15) is 9.59 Å². The number of likely N-dealkylation sites (N-methyl/N-ethyl adjacent to an activating group) is 2. The summed E-state index contributed by atoms with van der Waals surface area (Å²) in [4.78, 5) is 31.1. The minimum Gasteiger partial charge on any atom is -0.352 e. The van der Waals surface area contributed by atoms with Crippen LogP contribution in [0.4, 0.5) is 0 Å². The predicted molar refractivity (Wildman–Crippen MR) is 115 cm³/mol. The molecule has 0 aliphatic heterocycles. The zero-order chi connectivity index (χ0) is 21.3. The Kier molecular flexibility index (Phi) is 10.2. The Morgan fingerprint density at radius 1 is 0.857 bits per heavy atom. The molecule has 1 N–H and O–H groups in total. The molecular weight excluding hydrogens is 352 g/mol. The van der Waals surface area contributed by atoms with Gasteiger partial charge in [0.15, 0.2) is 0 Å². The van der Waals surface area contributed by atoms with Crippen molar-refractivity contribution >= 4 is 11.8 Å². The molecule has 0 bridgehead atoms. The van der Waals surface area contributed by atoms with E-state index in [1.54, 1.807) is 0 Å². The highest BCUT2D eigenvalue weighted by atomic mass is 16.2. The van der Waals surface area contributed by atoms with Gasteiger partial charge in [-0.1, -0.05) is 32.9 Å². The van der Waals surface area contributed by atoms with E-state index in [1.165, 1.54) is 0 Å². The summed E-state index contributed by atoms with van der Waals surface area (Å²) in [5.74, 6) is 0.416. The van der Waals surface area contributed by atoms with Gasteiger partial charge in [0, 0.05) is 44.2 Å². The summed E-state index contributed by atoms with van der Waals surface area (Å²) in [6.45, 7) is 9.57. The molecule has 6 nitrogen and oxygen atoms in total. The van der Waals surface area contributed by atoms with Crippen molar-refractivity contribution in [3.63, 3.8) is 0 Å². The number of nitrogens with zero attached hydrogens (tertiary/aromatic N) is 3. The van der Waals surface area contributed by atoms with Crippen LogP contribution >= 0.6 is 0 Å². The van der Waals surface area contributed by atoms with Gasteiger partial charge in [0.25, 0.3) is 5.91 Å². The Morgan fingerprint density at radius 3 is 1.79 bits per heavy atom. The molecule has 0 saturated heterocycles. The molecule has 6 heteroatoms. The second-order valence-electron chi connectivity index (χ2n) is 8.35. The van der Waals surface area contributed by atoms with E-state index in [0.29, 0.717) is 31.1 Å². The number of amides is 2. The zero-order valence-electron chi connectivity index (χ0n) is 18.7. The van der Waals surface area contributed by atoms with E-state index in [2.05, 4.69) is 15.1 Å². The predicted octanol–water partition coefficient (Wildman–Crippen LogP) is 2.16. The third-order valence-electron chi connectivity index (χ3n) is 5.00. The van der Waals surface area contributed by atoms with Crippen molar-refractivity contribution in [2.75, 3.05) is 54.4 Å². The quantitative estimate of drug-likeness (QED) is 0.629. The van der Waals surface area contributed by atoms with Crippen LogP contribution in [-0.4, -0.2) is 80.9 Å². The van der Waals surface area contributed by atoms with Gasteiger partial charge in [-0.15, -0.1) is 0 Å². The van der Waals surface area contributed by atoms with E-state index < -0.39 is 0 Å². The normalized spacial score (nSPS) is 12.5. The zero-order valence-corrected chi connectivity index (χ0v) is 18.7. The van der Waals surface area contributed by atoms with Gasteiger partial charge >= 0.3 is 0 Å². The number of hydrogen-bond acceptors (Lipinski definition) is 4. The third kappa shape index (κ3) is 8.40. The average Bonchev–Trinajstić information content (AvgIpc) is 2.64. The monoisotopic (exact) mass is 390 g/mol. The van der Waals surface area contributed by atoms with Gasteiger partial charge < -0.3 is 20.0 Å². The summed E-state index contributed by atoms with van der Waals surface area (Å²) >= 11 is 0. The van der Waals surface area contributed by atoms with E-state index in [-0.39, 0.29) is 17.7 Å².